The molecule has 0 amide bonds. The van der Waals surface area contributed by atoms with Crippen LogP contribution in [0.25, 0.3) is 0 Å². The van der Waals surface area contributed by atoms with Gasteiger partial charge in [0.1, 0.15) is 0 Å². The van der Waals surface area contributed by atoms with Crippen molar-refractivity contribution in [2.45, 2.75) is 38.6 Å². The summed E-state index contributed by atoms with van der Waals surface area (Å²) < 4.78 is 0. The van der Waals surface area contributed by atoms with Crippen LogP contribution in [-0.4, -0.2) is 13.1 Å². The zero-order valence-electron chi connectivity index (χ0n) is 6.48. The minimum Gasteiger partial charge on any atom is -0.317 e. The predicted molar refractivity (Wildman–Crippen MR) is 40.5 cm³/mol. The summed E-state index contributed by atoms with van der Waals surface area (Å²) in [4.78, 5) is 0. The lowest BCUT2D eigenvalue weighted by Gasteiger charge is -2.06. The van der Waals surface area contributed by atoms with E-state index in [-0.39, 0.29) is 0 Å². The first-order valence-corrected chi connectivity index (χ1v) is 4.04. The van der Waals surface area contributed by atoms with E-state index in [1.165, 1.54) is 25.7 Å². The number of hydrogen-bond acceptors (Lipinski definition) is 1. The standard InChI is InChI=1S/C8H17N/c1-3-7-4-5-8(6-7)9-2/h7-9H,3-6H2,1-2H3/t7-,8?/m1/s1. The Morgan fingerprint density at radius 3 is 2.56 bits per heavy atom. The van der Waals surface area contributed by atoms with E-state index in [0.29, 0.717) is 0 Å². The second-order valence-electron chi connectivity index (χ2n) is 3.07. The van der Waals surface area contributed by atoms with Gasteiger partial charge in [-0.3, -0.25) is 0 Å². The largest absolute Gasteiger partial charge is 0.317 e. The van der Waals surface area contributed by atoms with Crippen molar-refractivity contribution in [2.75, 3.05) is 7.05 Å². The summed E-state index contributed by atoms with van der Waals surface area (Å²) >= 11 is 0. The van der Waals surface area contributed by atoms with Crippen LogP contribution < -0.4 is 5.32 Å². The first-order valence-electron chi connectivity index (χ1n) is 4.04. The van der Waals surface area contributed by atoms with E-state index in [9.17, 15) is 0 Å². The van der Waals surface area contributed by atoms with Gasteiger partial charge in [-0.2, -0.15) is 0 Å². The first-order chi connectivity index (χ1) is 4.36. The minimum atomic E-state index is 0.829. The van der Waals surface area contributed by atoms with Gasteiger partial charge in [-0.15, -0.1) is 0 Å². The van der Waals surface area contributed by atoms with Crippen LogP contribution in [0.4, 0.5) is 0 Å². The SMILES string of the molecule is CC[C@@H]1CCC(NC)C1. The molecule has 0 saturated heterocycles. The van der Waals surface area contributed by atoms with Crippen molar-refractivity contribution in [2.24, 2.45) is 5.92 Å². The monoisotopic (exact) mass is 127 g/mol. The van der Waals surface area contributed by atoms with Gasteiger partial charge in [-0.1, -0.05) is 13.3 Å². The molecule has 1 rings (SSSR count). The molecule has 0 heterocycles. The molecule has 0 radical (unpaired) electrons. The molecule has 0 spiro atoms. The Labute approximate surface area is 57.8 Å². The van der Waals surface area contributed by atoms with E-state index in [2.05, 4.69) is 19.3 Å². The van der Waals surface area contributed by atoms with Crippen LogP contribution in [0.1, 0.15) is 32.6 Å². The lowest BCUT2D eigenvalue weighted by molar-refractivity contribution is 0.499. The van der Waals surface area contributed by atoms with Gasteiger partial charge < -0.3 is 5.32 Å². The van der Waals surface area contributed by atoms with Gasteiger partial charge >= 0.3 is 0 Å². The van der Waals surface area contributed by atoms with Crippen LogP contribution in [0.5, 0.6) is 0 Å². The fraction of sp³-hybridized carbons (Fsp3) is 1.00. The van der Waals surface area contributed by atoms with Crippen molar-refractivity contribution < 1.29 is 0 Å². The summed E-state index contributed by atoms with van der Waals surface area (Å²) in [6.45, 7) is 2.29. The topological polar surface area (TPSA) is 12.0 Å². The average molecular weight is 127 g/mol. The van der Waals surface area contributed by atoms with Crippen LogP contribution in [0.15, 0.2) is 0 Å². The normalized spacial score (nSPS) is 35.3. The van der Waals surface area contributed by atoms with Gasteiger partial charge in [0.25, 0.3) is 0 Å². The Hall–Kier alpha value is -0.0400. The van der Waals surface area contributed by atoms with E-state index in [1.54, 1.807) is 0 Å². The third-order valence-corrected chi connectivity index (χ3v) is 2.53. The summed E-state index contributed by atoms with van der Waals surface area (Å²) in [6, 6.07) is 0.829. The van der Waals surface area contributed by atoms with E-state index in [1.807, 2.05) is 0 Å². The highest BCUT2D eigenvalue weighted by Gasteiger charge is 2.20. The number of nitrogens with one attached hydrogen (secondary N) is 1. The molecule has 1 fully saturated rings. The van der Waals surface area contributed by atoms with Crippen LogP contribution >= 0.6 is 0 Å². The van der Waals surface area contributed by atoms with E-state index in [4.69, 9.17) is 0 Å². The van der Waals surface area contributed by atoms with Gasteiger partial charge in [-0.25, -0.2) is 0 Å². The lowest BCUT2D eigenvalue weighted by Crippen LogP contribution is -2.21. The predicted octanol–water partition coefficient (Wildman–Crippen LogP) is 1.78. The molecule has 1 N–H and O–H groups in total. The second kappa shape index (κ2) is 3.21. The maximum atomic E-state index is 3.33. The van der Waals surface area contributed by atoms with E-state index in [0.717, 1.165) is 12.0 Å². The molecule has 1 aliphatic rings. The summed E-state index contributed by atoms with van der Waals surface area (Å²) in [6.07, 6.45) is 5.63. The molecule has 0 aromatic heterocycles. The molecule has 54 valence electrons. The van der Waals surface area contributed by atoms with Crippen molar-refractivity contribution in [1.29, 1.82) is 0 Å². The minimum absolute atomic E-state index is 0.829. The van der Waals surface area contributed by atoms with Crippen molar-refractivity contribution >= 4 is 0 Å². The zero-order valence-corrected chi connectivity index (χ0v) is 6.48. The third-order valence-electron chi connectivity index (χ3n) is 2.53. The maximum Gasteiger partial charge on any atom is 0.00668 e. The van der Waals surface area contributed by atoms with Crippen molar-refractivity contribution in [1.82, 2.24) is 5.32 Å². The fourth-order valence-corrected chi connectivity index (χ4v) is 1.71. The summed E-state index contributed by atoms with van der Waals surface area (Å²) in [5, 5.41) is 3.33. The molecule has 1 unspecified atom stereocenters. The highest BCUT2D eigenvalue weighted by atomic mass is 14.9. The van der Waals surface area contributed by atoms with Gasteiger partial charge in [-0.05, 0) is 32.2 Å². The Balaban J connectivity index is 2.20. The fourth-order valence-electron chi connectivity index (χ4n) is 1.71. The molecule has 2 atom stereocenters. The molecule has 0 bridgehead atoms. The Bertz CT molecular complexity index is 70.6. The molecule has 1 nitrogen and oxygen atoms in total. The molecule has 1 saturated carbocycles. The smallest absolute Gasteiger partial charge is 0.00668 e. The molecular formula is C8H17N. The Kier molecular flexibility index (Phi) is 2.52. The van der Waals surface area contributed by atoms with Crippen LogP contribution in [0, 0.1) is 5.92 Å². The van der Waals surface area contributed by atoms with E-state index < -0.39 is 0 Å². The lowest BCUT2D eigenvalue weighted by atomic mass is 10.1. The third kappa shape index (κ3) is 1.68. The summed E-state index contributed by atoms with van der Waals surface area (Å²) in [5.41, 5.74) is 0. The van der Waals surface area contributed by atoms with Crippen molar-refractivity contribution in [3.63, 3.8) is 0 Å². The highest BCUT2D eigenvalue weighted by molar-refractivity contribution is 4.78. The van der Waals surface area contributed by atoms with Crippen LogP contribution in [0.3, 0.4) is 0 Å². The highest BCUT2D eigenvalue weighted by Crippen LogP contribution is 2.27. The molecule has 0 aromatic carbocycles. The van der Waals surface area contributed by atoms with Gasteiger partial charge in [0.05, 0.1) is 0 Å². The average Bonchev–Trinajstić information content (AvgIpc) is 2.34. The van der Waals surface area contributed by atoms with Crippen LogP contribution in [-0.2, 0) is 0 Å². The number of hydrogen-bond donors (Lipinski definition) is 1. The van der Waals surface area contributed by atoms with E-state index >= 15 is 0 Å². The van der Waals surface area contributed by atoms with Crippen LogP contribution in [0.2, 0.25) is 0 Å². The maximum absolute atomic E-state index is 3.33. The molecular weight excluding hydrogens is 110 g/mol. The van der Waals surface area contributed by atoms with Crippen molar-refractivity contribution in [3.05, 3.63) is 0 Å². The number of rotatable bonds is 2. The Morgan fingerprint density at radius 1 is 1.44 bits per heavy atom. The van der Waals surface area contributed by atoms with Gasteiger partial charge in [0, 0.05) is 6.04 Å². The first kappa shape index (κ1) is 7.07. The molecule has 0 aromatic rings. The second-order valence-corrected chi connectivity index (χ2v) is 3.07. The summed E-state index contributed by atoms with van der Waals surface area (Å²) in [5.74, 6) is 1.02. The molecule has 9 heavy (non-hydrogen) atoms. The molecule has 1 aliphatic carbocycles. The Morgan fingerprint density at radius 2 is 2.22 bits per heavy atom. The van der Waals surface area contributed by atoms with Crippen molar-refractivity contribution in [3.8, 4) is 0 Å². The quantitative estimate of drug-likeness (QED) is 0.596. The molecule has 1 heteroatoms. The molecule has 0 aliphatic heterocycles. The van der Waals surface area contributed by atoms with Gasteiger partial charge in [0.15, 0.2) is 0 Å². The van der Waals surface area contributed by atoms with Gasteiger partial charge in [0.2, 0.25) is 0 Å². The summed E-state index contributed by atoms with van der Waals surface area (Å²) in [7, 11) is 2.07. The zero-order chi connectivity index (χ0) is 6.69.